The Balaban J connectivity index is 2.03. The van der Waals surface area contributed by atoms with Crippen LogP contribution in [0, 0.1) is 17.2 Å². The number of amides is 2. The van der Waals surface area contributed by atoms with E-state index in [0.29, 0.717) is 37.6 Å². The van der Waals surface area contributed by atoms with E-state index >= 15 is 0 Å². The number of carbonyl (C=O) groups is 2. The Morgan fingerprint density at radius 1 is 1.29 bits per heavy atom. The van der Waals surface area contributed by atoms with Gasteiger partial charge in [-0.2, -0.15) is 5.26 Å². The fourth-order valence-electron chi connectivity index (χ4n) is 2.80. The number of carbonyl (C=O) groups excluding carboxylic acids is 2. The Labute approximate surface area is 142 Å². The van der Waals surface area contributed by atoms with Crippen molar-refractivity contribution in [2.75, 3.05) is 31.1 Å². The molecule has 1 aliphatic heterocycles. The second-order valence-corrected chi connectivity index (χ2v) is 6.22. The molecule has 0 aromatic carbocycles. The predicted octanol–water partition coefficient (Wildman–Crippen LogP) is 0.763. The molecule has 1 N–H and O–H groups in total. The number of anilines is 1. The van der Waals surface area contributed by atoms with Crippen LogP contribution in [0.4, 0.5) is 5.82 Å². The molecule has 7 nitrogen and oxygen atoms in total. The molecule has 2 heterocycles. The molecule has 1 aromatic heterocycles. The van der Waals surface area contributed by atoms with Gasteiger partial charge in [0.25, 0.3) is 0 Å². The highest BCUT2D eigenvalue weighted by Crippen LogP contribution is 2.18. The van der Waals surface area contributed by atoms with E-state index in [9.17, 15) is 14.9 Å². The third kappa shape index (κ3) is 4.02. The van der Waals surface area contributed by atoms with Crippen LogP contribution >= 0.6 is 0 Å². The molecule has 1 atom stereocenters. The van der Waals surface area contributed by atoms with E-state index < -0.39 is 6.04 Å². The largest absolute Gasteiger partial charge is 0.352 e. The molecule has 7 heteroatoms. The smallest absolute Gasteiger partial charge is 0.245 e. The lowest BCUT2D eigenvalue weighted by Gasteiger charge is -2.37. The van der Waals surface area contributed by atoms with Crippen molar-refractivity contribution < 1.29 is 9.59 Å². The number of nitrogens with one attached hydrogen (secondary N) is 1. The normalized spacial score (nSPS) is 15.8. The van der Waals surface area contributed by atoms with E-state index in [4.69, 9.17) is 0 Å². The maximum absolute atomic E-state index is 12.7. The average Bonchev–Trinajstić information content (AvgIpc) is 2.59. The van der Waals surface area contributed by atoms with Gasteiger partial charge in [-0.1, -0.05) is 13.8 Å². The van der Waals surface area contributed by atoms with Gasteiger partial charge < -0.3 is 15.1 Å². The Morgan fingerprint density at radius 3 is 2.50 bits per heavy atom. The standard InChI is InChI=1S/C17H23N5O2/c1-12(2)15(20-13(3)23)17(24)22-9-7-21(8-10-22)16-14(11-18)5-4-6-19-16/h4-6,12,15H,7-10H2,1-3H3,(H,20,23). The molecule has 24 heavy (non-hydrogen) atoms. The quantitative estimate of drug-likeness (QED) is 0.881. The number of rotatable bonds is 4. The summed E-state index contributed by atoms with van der Waals surface area (Å²) in [6, 6.07) is 5.13. The molecule has 2 rings (SSSR count). The lowest BCUT2D eigenvalue weighted by atomic mass is 10.0. The molecule has 0 bridgehead atoms. The number of pyridine rings is 1. The fraction of sp³-hybridized carbons (Fsp3) is 0.529. The molecule has 1 aliphatic rings. The Morgan fingerprint density at radius 2 is 1.96 bits per heavy atom. The van der Waals surface area contributed by atoms with Gasteiger partial charge in [0, 0.05) is 39.3 Å². The molecule has 0 aliphatic carbocycles. The molecule has 0 spiro atoms. The van der Waals surface area contributed by atoms with Gasteiger partial charge in [0.15, 0.2) is 0 Å². The van der Waals surface area contributed by atoms with Crippen molar-refractivity contribution in [2.45, 2.75) is 26.8 Å². The summed E-state index contributed by atoms with van der Waals surface area (Å²) in [5.41, 5.74) is 0.538. The number of nitrogens with zero attached hydrogens (tertiary/aromatic N) is 4. The summed E-state index contributed by atoms with van der Waals surface area (Å²) < 4.78 is 0. The zero-order valence-electron chi connectivity index (χ0n) is 14.3. The molecule has 1 unspecified atom stereocenters. The van der Waals surface area contributed by atoms with Crippen molar-refractivity contribution in [3.05, 3.63) is 23.9 Å². The number of hydrogen-bond acceptors (Lipinski definition) is 5. The minimum Gasteiger partial charge on any atom is -0.352 e. The van der Waals surface area contributed by atoms with Gasteiger partial charge in [-0.3, -0.25) is 9.59 Å². The summed E-state index contributed by atoms with van der Waals surface area (Å²) in [6.07, 6.45) is 1.67. The minimum absolute atomic E-state index is 0.0282. The fourth-order valence-corrected chi connectivity index (χ4v) is 2.80. The van der Waals surface area contributed by atoms with Crippen LogP contribution in [0.1, 0.15) is 26.3 Å². The van der Waals surface area contributed by atoms with Crippen LogP contribution in [0.15, 0.2) is 18.3 Å². The van der Waals surface area contributed by atoms with E-state index in [2.05, 4.69) is 16.4 Å². The monoisotopic (exact) mass is 329 g/mol. The first-order valence-electron chi connectivity index (χ1n) is 8.10. The first kappa shape index (κ1) is 17.7. The lowest BCUT2D eigenvalue weighted by Crippen LogP contribution is -2.56. The van der Waals surface area contributed by atoms with Crippen molar-refractivity contribution in [1.82, 2.24) is 15.2 Å². The molecular formula is C17H23N5O2. The topological polar surface area (TPSA) is 89.3 Å². The molecular weight excluding hydrogens is 306 g/mol. The summed E-state index contributed by atoms with van der Waals surface area (Å²) in [4.78, 5) is 32.1. The van der Waals surface area contributed by atoms with Crippen LogP contribution in [0.5, 0.6) is 0 Å². The van der Waals surface area contributed by atoms with E-state index in [1.165, 1.54) is 6.92 Å². The first-order chi connectivity index (χ1) is 11.4. The molecule has 0 saturated carbocycles. The maximum atomic E-state index is 12.7. The number of piperazine rings is 1. The number of aromatic nitrogens is 1. The summed E-state index contributed by atoms with van der Waals surface area (Å²) in [5.74, 6) is 0.434. The SMILES string of the molecule is CC(=O)NC(C(=O)N1CCN(c2ncccc2C#N)CC1)C(C)C. The van der Waals surface area contributed by atoms with Gasteiger partial charge in [0.2, 0.25) is 11.8 Å². The van der Waals surface area contributed by atoms with Gasteiger partial charge in [-0.15, -0.1) is 0 Å². The van der Waals surface area contributed by atoms with Crippen molar-refractivity contribution in [3.63, 3.8) is 0 Å². The Hall–Kier alpha value is -2.62. The maximum Gasteiger partial charge on any atom is 0.245 e. The van der Waals surface area contributed by atoms with Crippen LogP contribution in [-0.4, -0.2) is 53.9 Å². The molecule has 0 radical (unpaired) electrons. The van der Waals surface area contributed by atoms with Gasteiger partial charge in [-0.25, -0.2) is 4.98 Å². The average molecular weight is 329 g/mol. The van der Waals surface area contributed by atoms with Crippen molar-refractivity contribution >= 4 is 17.6 Å². The van der Waals surface area contributed by atoms with Crippen molar-refractivity contribution in [2.24, 2.45) is 5.92 Å². The zero-order valence-corrected chi connectivity index (χ0v) is 14.3. The molecule has 128 valence electrons. The van der Waals surface area contributed by atoms with E-state index in [0.717, 1.165) is 0 Å². The summed E-state index contributed by atoms with van der Waals surface area (Å²) in [5, 5.41) is 11.9. The van der Waals surface area contributed by atoms with Gasteiger partial charge in [0.1, 0.15) is 17.9 Å². The predicted molar refractivity (Wildman–Crippen MR) is 90.2 cm³/mol. The lowest BCUT2D eigenvalue weighted by molar-refractivity contribution is -0.137. The number of nitriles is 1. The highest BCUT2D eigenvalue weighted by molar-refractivity contribution is 5.87. The molecule has 1 saturated heterocycles. The molecule has 1 aromatic rings. The number of hydrogen-bond donors (Lipinski definition) is 1. The van der Waals surface area contributed by atoms with Crippen LogP contribution in [0.25, 0.3) is 0 Å². The van der Waals surface area contributed by atoms with Crippen LogP contribution in [0.2, 0.25) is 0 Å². The molecule has 1 fully saturated rings. The Kier molecular flexibility index (Phi) is 5.74. The summed E-state index contributed by atoms with van der Waals surface area (Å²) >= 11 is 0. The second-order valence-electron chi connectivity index (χ2n) is 6.22. The van der Waals surface area contributed by atoms with E-state index in [1.54, 1.807) is 23.2 Å². The minimum atomic E-state index is -0.501. The van der Waals surface area contributed by atoms with Gasteiger partial charge in [0.05, 0.1) is 5.56 Å². The van der Waals surface area contributed by atoms with Crippen molar-refractivity contribution in [1.29, 1.82) is 5.26 Å². The third-order valence-corrected chi connectivity index (χ3v) is 4.09. The second kappa shape index (κ2) is 7.77. The third-order valence-electron chi connectivity index (χ3n) is 4.09. The van der Waals surface area contributed by atoms with Crippen LogP contribution in [-0.2, 0) is 9.59 Å². The summed E-state index contributed by atoms with van der Waals surface area (Å²) in [6.45, 7) is 7.57. The first-order valence-corrected chi connectivity index (χ1v) is 8.10. The van der Waals surface area contributed by atoms with Crippen molar-refractivity contribution in [3.8, 4) is 6.07 Å². The Bertz CT molecular complexity index is 645. The summed E-state index contributed by atoms with van der Waals surface area (Å²) in [7, 11) is 0. The van der Waals surface area contributed by atoms with E-state index in [1.807, 2.05) is 18.7 Å². The van der Waals surface area contributed by atoms with Crippen LogP contribution < -0.4 is 10.2 Å². The zero-order chi connectivity index (χ0) is 17.7. The highest BCUT2D eigenvalue weighted by atomic mass is 16.2. The van der Waals surface area contributed by atoms with Gasteiger partial charge in [-0.05, 0) is 18.1 Å². The molecule has 2 amide bonds. The van der Waals surface area contributed by atoms with E-state index in [-0.39, 0.29) is 17.7 Å². The highest BCUT2D eigenvalue weighted by Gasteiger charge is 2.30. The van der Waals surface area contributed by atoms with Crippen LogP contribution in [0.3, 0.4) is 0 Å². The van der Waals surface area contributed by atoms with Gasteiger partial charge >= 0.3 is 0 Å².